The summed E-state index contributed by atoms with van der Waals surface area (Å²) >= 11 is 3.21. The summed E-state index contributed by atoms with van der Waals surface area (Å²) < 4.78 is 5.90. The third kappa shape index (κ3) is 1.65. The maximum Gasteiger partial charge on any atom is 0.270 e. The Morgan fingerprint density at radius 1 is 1.14 bits per heavy atom. The minimum atomic E-state index is -0.533. The lowest BCUT2D eigenvalue weighted by atomic mass is 9.85. The third-order valence-corrected chi connectivity index (χ3v) is 4.93. The maximum atomic E-state index is 12.6. The third-order valence-electron chi connectivity index (χ3n) is 4.29. The molecule has 0 aromatic heterocycles. The van der Waals surface area contributed by atoms with Gasteiger partial charge in [-0.25, -0.2) is 4.90 Å². The normalized spacial score (nSPS) is 32.0. The van der Waals surface area contributed by atoms with Crippen molar-refractivity contribution in [3.8, 4) is 0 Å². The number of nitrogens with zero attached hydrogens (tertiary/aromatic N) is 2. The molecule has 3 aliphatic rings. The number of hydrogen-bond acceptors (Lipinski definition) is 5. The topological polar surface area (TPSA) is 89.8 Å². The van der Waals surface area contributed by atoms with Crippen molar-refractivity contribution in [2.24, 2.45) is 11.8 Å². The minimum absolute atomic E-state index is 0.111. The van der Waals surface area contributed by atoms with E-state index in [4.69, 9.17) is 4.74 Å². The summed E-state index contributed by atoms with van der Waals surface area (Å²) in [6.07, 6.45) is 2.91. The number of hydrogen-bond donors (Lipinski definition) is 0. The minimum Gasteiger partial charge on any atom is -0.365 e. The first-order valence-corrected chi connectivity index (χ1v) is 7.44. The molecule has 0 saturated carbocycles. The molecular weight excluding hydrogens is 356 g/mol. The number of non-ortho nitro benzene ring substituents is 1. The molecule has 22 heavy (non-hydrogen) atoms. The van der Waals surface area contributed by atoms with Gasteiger partial charge in [0.1, 0.15) is 0 Å². The zero-order valence-electron chi connectivity index (χ0n) is 11.0. The van der Waals surface area contributed by atoms with Gasteiger partial charge in [0.15, 0.2) is 0 Å². The summed E-state index contributed by atoms with van der Waals surface area (Å²) in [4.78, 5) is 36.5. The number of benzene rings is 1. The largest absolute Gasteiger partial charge is 0.365 e. The average molecular weight is 365 g/mol. The molecule has 0 aliphatic carbocycles. The zero-order chi connectivity index (χ0) is 15.6. The van der Waals surface area contributed by atoms with Crippen LogP contribution in [-0.2, 0) is 14.3 Å². The number of ether oxygens (including phenoxy) is 1. The van der Waals surface area contributed by atoms with Crippen LogP contribution in [0.4, 0.5) is 11.4 Å². The fourth-order valence-corrected chi connectivity index (χ4v) is 3.88. The molecule has 8 heteroatoms. The second-order valence-electron chi connectivity index (χ2n) is 5.41. The molecular formula is C14H9BrN2O5. The van der Waals surface area contributed by atoms with Gasteiger partial charge in [-0.15, -0.1) is 0 Å². The van der Waals surface area contributed by atoms with Crippen LogP contribution < -0.4 is 4.90 Å². The molecule has 0 spiro atoms. The summed E-state index contributed by atoms with van der Waals surface area (Å²) in [5.74, 6) is -1.63. The molecule has 0 N–H and O–H groups in total. The Balaban J connectivity index is 1.74. The summed E-state index contributed by atoms with van der Waals surface area (Å²) in [5, 5.41) is 10.8. The first-order chi connectivity index (χ1) is 10.5. The van der Waals surface area contributed by atoms with Crippen molar-refractivity contribution in [1.29, 1.82) is 0 Å². The summed E-state index contributed by atoms with van der Waals surface area (Å²) in [7, 11) is 0. The number of nitro groups is 1. The number of anilines is 1. The van der Waals surface area contributed by atoms with Crippen LogP contribution >= 0.6 is 15.9 Å². The predicted molar refractivity (Wildman–Crippen MR) is 78.1 cm³/mol. The Kier molecular flexibility index (Phi) is 2.76. The lowest BCUT2D eigenvalue weighted by Gasteiger charge is -2.18. The Hall–Kier alpha value is -2.06. The van der Waals surface area contributed by atoms with E-state index >= 15 is 0 Å². The number of imide groups is 1. The van der Waals surface area contributed by atoms with Crippen molar-refractivity contribution in [2.75, 3.05) is 4.90 Å². The number of fused-ring (bicyclic) bond motifs is 5. The van der Waals surface area contributed by atoms with Crippen molar-refractivity contribution in [1.82, 2.24) is 0 Å². The van der Waals surface area contributed by atoms with E-state index in [-0.39, 0.29) is 29.7 Å². The van der Waals surface area contributed by atoms with Crippen LogP contribution in [-0.4, -0.2) is 28.9 Å². The monoisotopic (exact) mass is 364 g/mol. The SMILES string of the molecule is O=C1[C@@H]2[C@H](C(=O)N1c1ccc([N+](=O)[O-])cc1Br)[C@H]1C=C[C@@H]2O1. The number of halogens is 1. The van der Waals surface area contributed by atoms with Crippen LogP contribution in [0.15, 0.2) is 34.8 Å². The number of rotatable bonds is 2. The number of carbonyl (C=O) groups is 2. The molecule has 1 aromatic rings. The highest BCUT2D eigenvalue weighted by Crippen LogP contribution is 2.47. The van der Waals surface area contributed by atoms with Gasteiger partial charge in [-0.3, -0.25) is 19.7 Å². The van der Waals surface area contributed by atoms with E-state index in [1.165, 1.54) is 18.2 Å². The van der Waals surface area contributed by atoms with Crippen LogP contribution in [0, 0.1) is 22.0 Å². The Bertz CT molecular complexity index is 732. The molecule has 2 saturated heterocycles. The molecule has 3 aliphatic heterocycles. The number of amides is 2. The van der Waals surface area contributed by atoms with Gasteiger partial charge in [0, 0.05) is 16.6 Å². The van der Waals surface area contributed by atoms with Crippen molar-refractivity contribution >= 4 is 39.1 Å². The second-order valence-corrected chi connectivity index (χ2v) is 6.26. The van der Waals surface area contributed by atoms with E-state index in [9.17, 15) is 19.7 Å². The van der Waals surface area contributed by atoms with Gasteiger partial charge < -0.3 is 4.74 Å². The van der Waals surface area contributed by atoms with Gasteiger partial charge >= 0.3 is 0 Å². The van der Waals surface area contributed by atoms with Crippen LogP contribution in [0.3, 0.4) is 0 Å². The molecule has 0 radical (unpaired) electrons. The smallest absolute Gasteiger partial charge is 0.270 e. The Morgan fingerprint density at radius 2 is 1.73 bits per heavy atom. The van der Waals surface area contributed by atoms with Crippen molar-refractivity contribution in [2.45, 2.75) is 12.2 Å². The Labute approximate surface area is 132 Å². The first kappa shape index (κ1) is 13.6. The molecule has 2 fully saturated rings. The standard InChI is InChI=1S/C14H9BrN2O5/c15-7-5-6(17(20)21)1-2-8(7)16-13(18)11-9-3-4-10(22-9)12(11)14(16)19/h1-5,9-12H/t9-,10+,11-,12+. The highest BCUT2D eigenvalue weighted by atomic mass is 79.9. The van der Waals surface area contributed by atoms with Gasteiger partial charge in [0.05, 0.1) is 34.7 Å². The van der Waals surface area contributed by atoms with Crippen LogP contribution in [0.2, 0.25) is 0 Å². The molecule has 1 aromatic carbocycles. The quantitative estimate of drug-likeness (QED) is 0.345. The van der Waals surface area contributed by atoms with Gasteiger partial charge in [0.2, 0.25) is 11.8 Å². The maximum absolute atomic E-state index is 12.6. The van der Waals surface area contributed by atoms with Gasteiger partial charge in [-0.05, 0) is 22.0 Å². The van der Waals surface area contributed by atoms with Crippen LogP contribution in [0.25, 0.3) is 0 Å². The van der Waals surface area contributed by atoms with Gasteiger partial charge in [-0.1, -0.05) is 12.2 Å². The van der Waals surface area contributed by atoms with Crippen LogP contribution in [0.5, 0.6) is 0 Å². The summed E-state index contributed by atoms with van der Waals surface area (Å²) in [6.45, 7) is 0. The molecule has 0 unspecified atom stereocenters. The molecule has 3 heterocycles. The van der Waals surface area contributed by atoms with Gasteiger partial charge in [-0.2, -0.15) is 0 Å². The van der Waals surface area contributed by atoms with E-state index in [2.05, 4.69) is 15.9 Å². The highest BCUT2D eigenvalue weighted by Gasteiger charge is 2.61. The fraction of sp³-hybridized carbons (Fsp3) is 0.286. The molecule has 4 atom stereocenters. The second kappa shape index (κ2) is 4.47. The van der Waals surface area contributed by atoms with E-state index in [1.54, 1.807) is 0 Å². The van der Waals surface area contributed by atoms with Crippen LogP contribution in [0.1, 0.15) is 0 Å². The Morgan fingerprint density at radius 3 is 2.23 bits per heavy atom. The predicted octanol–water partition coefficient (Wildman–Crippen LogP) is 1.80. The van der Waals surface area contributed by atoms with E-state index in [0.29, 0.717) is 10.2 Å². The van der Waals surface area contributed by atoms with Crippen molar-refractivity contribution in [3.05, 3.63) is 44.9 Å². The number of carbonyl (C=O) groups excluding carboxylic acids is 2. The summed E-state index contributed by atoms with van der Waals surface area (Å²) in [6, 6.07) is 3.97. The van der Waals surface area contributed by atoms with E-state index in [0.717, 1.165) is 4.90 Å². The van der Waals surface area contributed by atoms with Crippen molar-refractivity contribution < 1.29 is 19.2 Å². The molecule has 2 bridgehead atoms. The zero-order valence-corrected chi connectivity index (χ0v) is 12.6. The lowest BCUT2D eigenvalue weighted by Crippen LogP contribution is -2.34. The fourth-order valence-electron chi connectivity index (χ4n) is 3.33. The first-order valence-electron chi connectivity index (χ1n) is 6.64. The molecule has 4 rings (SSSR count). The van der Waals surface area contributed by atoms with E-state index in [1.807, 2.05) is 12.2 Å². The average Bonchev–Trinajstić information content (AvgIpc) is 3.14. The molecule has 7 nitrogen and oxygen atoms in total. The summed E-state index contributed by atoms with van der Waals surface area (Å²) in [5.41, 5.74) is 0.217. The van der Waals surface area contributed by atoms with Gasteiger partial charge in [0.25, 0.3) is 5.69 Å². The lowest BCUT2D eigenvalue weighted by molar-refractivity contribution is -0.384. The molecule has 2 amide bonds. The van der Waals surface area contributed by atoms with E-state index < -0.39 is 16.8 Å². The van der Waals surface area contributed by atoms with Crippen molar-refractivity contribution in [3.63, 3.8) is 0 Å². The number of nitro benzene ring substituents is 1. The molecule has 112 valence electrons. The highest BCUT2D eigenvalue weighted by molar-refractivity contribution is 9.10.